The van der Waals surface area contributed by atoms with Crippen LogP contribution in [-0.2, 0) is 9.53 Å². The standard InChI is InChI=1S/C15H12O3/c1-11(16)18-15(17)14-9-5-8-13(10-14)12-6-3-2-4-7-12/h2-10H,1H3. The maximum atomic E-state index is 11.6. The maximum absolute atomic E-state index is 11.6. The summed E-state index contributed by atoms with van der Waals surface area (Å²) in [7, 11) is 0. The lowest BCUT2D eigenvalue weighted by molar-refractivity contribution is -0.135. The van der Waals surface area contributed by atoms with Crippen molar-refractivity contribution in [2.45, 2.75) is 6.92 Å². The van der Waals surface area contributed by atoms with Crippen LogP contribution in [0.2, 0.25) is 0 Å². The highest BCUT2D eigenvalue weighted by atomic mass is 16.6. The number of rotatable bonds is 2. The Morgan fingerprint density at radius 1 is 0.889 bits per heavy atom. The van der Waals surface area contributed by atoms with Crippen LogP contribution in [-0.4, -0.2) is 11.9 Å². The lowest BCUT2D eigenvalue weighted by atomic mass is 10.0. The third-order valence-corrected chi connectivity index (χ3v) is 2.44. The highest BCUT2D eigenvalue weighted by Crippen LogP contribution is 2.20. The summed E-state index contributed by atoms with van der Waals surface area (Å²) >= 11 is 0. The first-order valence-electron chi connectivity index (χ1n) is 5.55. The molecule has 0 aliphatic rings. The second-order valence-corrected chi connectivity index (χ2v) is 3.83. The van der Waals surface area contributed by atoms with Gasteiger partial charge in [-0.05, 0) is 23.3 Å². The fraction of sp³-hybridized carbons (Fsp3) is 0.0667. The topological polar surface area (TPSA) is 43.4 Å². The number of carbonyl (C=O) groups is 2. The van der Waals surface area contributed by atoms with Crippen molar-refractivity contribution >= 4 is 11.9 Å². The first kappa shape index (κ1) is 12.0. The zero-order chi connectivity index (χ0) is 13.0. The van der Waals surface area contributed by atoms with Gasteiger partial charge in [0.15, 0.2) is 0 Å². The van der Waals surface area contributed by atoms with E-state index in [4.69, 9.17) is 0 Å². The lowest BCUT2D eigenvalue weighted by Gasteiger charge is -2.04. The van der Waals surface area contributed by atoms with Crippen LogP contribution in [0.3, 0.4) is 0 Å². The predicted molar refractivity (Wildman–Crippen MR) is 68.0 cm³/mol. The normalized spacial score (nSPS) is 9.83. The molecule has 0 unspecified atom stereocenters. The molecule has 0 aliphatic heterocycles. The van der Waals surface area contributed by atoms with Crippen LogP contribution in [0.25, 0.3) is 11.1 Å². The SMILES string of the molecule is CC(=O)OC(=O)c1cccc(-c2ccccc2)c1. The van der Waals surface area contributed by atoms with Crippen molar-refractivity contribution in [3.8, 4) is 11.1 Å². The molecular formula is C15H12O3. The van der Waals surface area contributed by atoms with Gasteiger partial charge in [-0.3, -0.25) is 4.79 Å². The summed E-state index contributed by atoms with van der Waals surface area (Å²) in [5.74, 6) is -1.23. The van der Waals surface area contributed by atoms with E-state index in [0.29, 0.717) is 5.56 Å². The Balaban J connectivity index is 2.31. The molecule has 0 bridgehead atoms. The van der Waals surface area contributed by atoms with Crippen molar-refractivity contribution < 1.29 is 14.3 Å². The van der Waals surface area contributed by atoms with E-state index in [1.54, 1.807) is 18.2 Å². The van der Waals surface area contributed by atoms with E-state index >= 15 is 0 Å². The maximum Gasteiger partial charge on any atom is 0.345 e. The first-order valence-corrected chi connectivity index (χ1v) is 5.55. The second-order valence-electron chi connectivity index (χ2n) is 3.83. The zero-order valence-electron chi connectivity index (χ0n) is 9.92. The van der Waals surface area contributed by atoms with Crippen molar-refractivity contribution in [2.24, 2.45) is 0 Å². The van der Waals surface area contributed by atoms with Crippen LogP contribution in [0, 0.1) is 0 Å². The average Bonchev–Trinajstić information content (AvgIpc) is 2.39. The van der Waals surface area contributed by atoms with Gasteiger partial charge in [0.1, 0.15) is 0 Å². The van der Waals surface area contributed by atoms with Gasteiger partial charge in [-0.15, -0.1) is 0 Å². The fourth-order valence-electron chi connectivity index (χ4n) is 1.65. The average molecular weight is 240 g/mol. The summed E-state index contributed by atoms with van der Waals surface area (Å²) in [6.45, 7) is 1.21. The number of hydrogen-bond donors (Lipinski definition) is 0. The summed E-state index contributed by atoms with van der Waals surface area (Å²) in [6.07, 6.45) is 0. The van der Waals surface area contributed by atoms with Gasteiger partial charge >= 0.3 is 11.9 Å². The third-order valence-electron chi connectivity index (χ3n) is 2.44. The molecule has 0 radical (unpaired) electrons. The predicted octanol–water partition coefficient (Wildman–Crippen LogP) is 3.06. The van der Waals surface area contributed by atoms with Crippen molar-refractivity contribution in [1.82, 2.24) is 0 Å². The smallest absolute Gasteiger partial charge is 0.345 e. The minimum absolute atomic E-state index is 0.367. The van der Waals surface area contributed by atoms with E-state index < -0.39 is 11.9 Å². The number of hydrogen-bond acceptors (Lipinski definition) is 3. The van der Waals surface area contributed by atoms with E-state index in [0.717, 1.165) is 11.1 Å². The zero-order valence-corrected chi connectivity index (χ0v) is 9.92. The van der Waals surface area contributed by atoms with E-state index in [-0.39, 0.29) is 0 Å². The number of esters is 2. The molecule has 2 aromatic carbocycles. The Kier molecular flexibility index (Phi) is 3.53. The molecule has 3 heteroatoms. The monoisotopic (exact) mass is 240 g/mol. The molecule has 0 heterocycles. The molecule has 2 rings (SSSR count). The first-order chi connectivity index (χ1) is 8.66. The Morgan fingerprint density at radius 2 is 1.56 bits per heavy atom. The molecule has 0 amide bonds. The Hall–Kier alpha value is -2.42. The molecule has 0 saturated heterocycles. The van der Waals surface area contributed by atoms with Gasteiger partial charge in [0.25, 0.3) is 0 Å². The van der Waals surface area contributed by atoms with Gasteiger partial charge in [-0.1, -0.05) is 42.5 Å². The van der Waals surface area contributed by atoms with Gasteiger partial charge in [0, 0.05) is 6.92 Å². The minimum Gasteiger partial charge on any atom is -0.390 e. The fourth-order valence-corrected chi connectivity index (χ4v) is 1.65. The van der Waals surface area contributed by atoms with Crippen LogP contribution >= 0.6 is 0 Å². The number of benzene rings is 2. The van der Waals surface area contributed by atoms with Crippen LogP contribution in [0.5, 0.6) is 0 Å². The third kappa shape index (κ3) is 2.83. The molecule has 0 saturated carbocycles. The van der Waals surface area contributed by atoms with Gasteiger partial charge in [-0.2, -0.15) is 0 Å². The van der Waals surface area contributed by atoms with Gasteiger partial charge in [0.2, 0.25) is 0 Å². The molecule has 0 N–H and O–H groups in total. The molecule has 0 aliphatic carbocycles. The molecule has 0 aromatic heterocycles. The van der Waals surface area contributed by atoms with Crippen LogP contribution in [0.4, 0.5) is 0 Å². The van der Waals surface area contributed by atoms with E-state index in [1.807, 2.05) is 36.4 Å². The van der Waals surface area contributed by atoms with Gasteiger partial charge in [0.05, 0.1) is 5.56 Å². The van der Waals surface area contributed by atoms with Crippen molar-refractivity contribution in [1.29, 1.82) is 0 Å². The summed E-state index contributed by atoms with van der Waals surface area (Å²) in [5, 5.41) is 0. The largest absolute Gasteiger partial charge is 0.390 e. The molecular weight excluding hydrogens is 228 g/mol. The molecule has 0 spiro atoms. The molecule has 3 nitrogen and oxygen atoms in total. The highest BCUT2D eigenvalue weighted by molar-refractivity contribution is 5.97. The van der Waals surface area contributed by atoms with Crippen molar-refractivity contribution in [3.63, 3.8) is 0 Å². The number of carbonyl (C=O) groups excluding carboxylic acids is 2. The highest BCUT2D eigenvalue weighted by Gasteiger charge is 2.10. The summed E-state index contributed by atoms with van der Waals surface area (Å²) < 4.78 is 4.55. The number of ether oxygens (including phenoxy) is 1. The molecule has 90 valence electrons. The van der Waals surface area contributed by atoms with E-state index in [2.05, 4.69) is 4.74 Å². The molecule has 0 fully saturated rings. The lowest BCUT2D eigenvalue weighted by Crippen LogP contribution is -2.09. The Labute approximate surface area is 105 Å². The van der Waals surface area contributed by atoms with Crippen LogP contribution in [0.1, 0.15) is 17.3 Å². The van der Waals surface area contributed by atoms with Crippen molar-refractivity contribution in [3.05, 3.63) is 60.2 Å². The van der Waals surface area contributed by atoms with Gasteiger partial charge in [-0.25, -0.2) is 4.79 Å². The van der Waals surface area contributed by atoms with Crippen LogP contribution < -0.4 is 0 Å². The quantitative estimate of drug-likeness (QED) is 0.598. The van der Waals surface area contributed by atoms with Gasteiger partial charge < -0.3 is 4.74 Å². The summed E-state index contributed by atoms with van der Waals surface area (Å²) in [5.41, 5.74) is 2.29. The minimum atomic E-state index is -0.625. The molecule has 18 heavy (non-hydrogen) atoms. The van der Waals surface area contributed by atoms with Crippen molar-refractivity contribution in [2.75, 3.05) is 0 Å². The van der Waals surface area contributed by atoms with Crippen LogP contribution in [0.15, 0.2) is 54.6 Å². The van der Waals surface area contributed by atoms with E-state index in [1.165, 1.54) is 6.92 Å². The van der Waals surface area contributed by atoms with E-state index in [9.17, 15) is 9.59 Å². The summed E-state index contributed by atoms with van der Waals surface area (Å²) in [6, 6.07) is 16.7. The second kappa shape index (κ2) is 5.27. The molecule has 0 atom stereocenters. The summed E-state index contributed by atoms with van der Waals surface area (Å²) in [4.78, 5) is 22.3. The Morgan fingerprint density at radius 3 is 2.22 bits per heavy atom. The Bertz CT molecular complexity index is 573. The molecule has 2 aromatic rings.